The summed E-state index contributed by atoms with van der Waals surface area (Å²) in [4.78, 5) is 9.06. The van der Waals surface area contributed by atoms with E-state index < -0.39 is 0 Å². The monoisotopic (exact) mass is 265 g/mol. The van der Waals surface area contributed by atoms with Crippen molar-refractivity contribution >= 4 is 16.9 Å². The van der Waals surface area contributed by atoms with Gasteiger partial charge in [-0.05, 0) is 24.6 Å². The number of fused-ring (bicyclic) bond motifs is 2. The molecule has 5 heteroatoms. The highest BCUT2D eigenvalue weighted by molar-refractivity contribution is 5.75. The van der Waals surface area contributed by atoms with Crippen molar-refractivity contribution in [1.82, 2.24) is 19.7 Å². The van der Waals surface area contributed by atoms with Gasteiger partial charge in [0.25, 0.3) is 0 Å². The first kappa shape index (κ1) is 11.4. The lowest BCUT2D eigenvalue weighted by Crippen LogP contribution is -2.30. The topological polar surface area (TPSA) is 55.6 Å². The van der Waals surface area contributed by atoms with Crippen LogP contribution in [0, 0.1) is 0 Å². The van der Waals surface area contributed by atoms with Crippen molar-refractivity contribution in [2.24, 2.45) is 0 Å². The molecule has 1 aliphatic heterocycles. The summed E-state index contributed by atoms with van der Waals surface area (Å²) in [5.41, 5.74) is 3.14. The number of nitrogens with zero attached hydrogens (tertiary/aromatic N) is 4. The van der Waals surface area contributed by atoms with E-state index >= 15 is 0 Å². The third-order valence-electron chi connectivity index (χ3n) is 3.75. The minimum Gasteiger partial charge on any atom is -0.366 e. The van der Waals surface area contributed by atoms with Crippen LogP contribution in [0.1, 0.15) is 12.1 Å². The zero-order valence-electron chi connectivity index (χ0n) is 11.0. The summed E-state index contributed by atoms with van der Waals surface area (Å²) in [6.45, 7) is 0.959. The smallest absolute Gasteiger partial charge is 0.145 e. The maximum absolute atomic E-state index is 4.62. The highest BCUT2D eigenvalue weighted by Crippen LogP contribution is 2.18. The summed E-state index contributed by atoms with van der Waals surface area (Å²) in [6, 6.07) is 10.4. The Morgan fingerprint density at radius 3 is 3.00 bits per heavy atom. The standard InChI is InChI=1S/C15H15N5/c1-2-4-14-13(3-1)16-10-15(19-14)18-11-6-8-20-12(9-11)5-7-17-20/h1-5,7,10-11H,6,8-9H2,(H,18,19). The molecule has 0 amide bonds. The highest BCUT2D eigenvalue weighted by Gasteiger charge is 2.19. The lowest BCUT2D eigenvalue weighted by molar-refractivity contribution is 0.455. The number of anilines is 1. The van der Waals surface area contributed by atoms with Gasteiger partial charge in [0.1, 0.15) is 5.82 Å². The maximum atomic E-state index is 4.62. The van der Waals surface area contributed by atoms with Crippen LogP contribution in [-0.4, -0.2) is 25.8 Å². The maximum Gasteiger partial charge on any atom is 0.145 e. The fraction of sp³-hybridized carbons (Fsp3) is 0.267. The van der Waals surface area contributed by atoms with E-state index in [1.807, 2.05) is 36.7 Å². The van der Waals surface area contributed by atoms with Gasteiger partial charge in [0, 0.05) is 30.9 Å². The average molecular weight is 265 g/mol. The van der Waals surface area contributed by atoms with Crippen molar-refractivity contribution in [3.8, 4) is 0 Å². The Kier molecular flexibility index (Phi) is 2.62. The molecule has 0 bridgehead atoms. The third kappa shape index (κ3) is 2.01. The van der Waals surface area contributed by atoms with Crippen molar-refractivity contribution in [2.75, 3.05) is 5.32 Å². The van der Waals surface area contributed by atoms with E-state index in [9.17, 15) is 0 Å². The summed E-state index contributed by atoms with van der Waals surface area (Å²) in [6.07, 6.45) is 5.72. The Bertz CT molecular complexity index is 749. The number of hydrogen-bond acceptors (Lipinski definition) is 4. The van der Waals surface area contributed by atoms with Gasteiger partial charge in [0.05, 0.1) is 17.2 Å². The van der Waals surface area contributed by atoms with Crippen molar-refractivity contribution in [2.45, 2.75) is 25.4 Å². The van der Waals surface area contributed by atoms with Gasteiger partial charge in [-0.25, -0.2) is 4.98 Å². The molecule has 0 aliphatic carbocycles. The van der Waals surface area contributed by atoms with Gasteiger partial charge in [-0.1, -0.05) is 12.1 Å². The fourth-order valence-corrected chi connectivity index (χ4v) is 2.73. The quantitative estimate of drug-likeness (QED) is 0.772. The first-order valence-corrected chi connectivity index (χ1v) is 6.87. The number of rotatable bonds is 2. The molecule has 3 aromatic rings. The number of aromatic nitrogens is 4. The van der Waals surface area contributed by atoms with E-state index in [1.54, 1.807) is 0 Å². The van der Waals surface area contributed by atoms with Crippen LogP contribution in [0.25, 0.3) is 11.0 Å². The zero-order valence-corrected chi connectivity index (χ0v) is 11.0. The first-order valence-electron chi connectivity index (χ1n) is 6.87. The van der Waals surface area contributed by atoms with Gasteiger partial charge in [-0.3, -0.25) is 9.67 Å². The summed E-state index contributed by atoms with van der Waals surface area (Å²) in [5.74, 6) is 0.849. The van der Waals surface area contributed by atoms with Crippen molar-refractivity contribution < 1.29 is 0 Å². The normalized spacial score (nSPS) is 17.9. The van der Waals surface area contributed by atoms with E-state index in [0.717, 1.165) is 36.2 Å². The molecule has 0 radical (unpaired) electrons. The van der Waals surface area contributed by atoms with E-state index in [1.165, 1.54) is 5.69 Å². The molecule has 1 unspecified atom stereocenters. The Labute approximate surface area is 116 Å². The van der Waals surface area contributed by atoms with Crippen LogP contribution in [0.5, 0.6) is 0 Å². The second-order valence-electron chi connectivity index (χ2n) is 5.12. The molecule has 20 heavy (non-hydrogen) atoms. The molecule has 4 rings (SSSR count). The van der Waals surface area contributed by atoms with Crippen LogP contribution < -0.4 is 5.32 Å². The SMILES string of the molecule is c1ccc2nc(NC3CCn4nccc4C3)cnc2c1. The minimum atomic E-state index is 0.398. The van der Waals surface area contributed by atoms with E-state index in [0.29, 0.717) is 6.04 Å². The molecule has 0 spiro atoms. The van der Waals surface area contributed by atoms with Gasteiger partial charge in [0.15, 0.2) is 0 Å². The van der Waals surface area contributed by atoms with Crippen LogP contribution in [0.4, 0.5) is 5.82 Å². The molecule has 1 atom stereocenters. The number of nitrogens with one attached hydrogen (secondary N) is 1. The van der Waals surface area contributed by atoms with Crippen LogP contribution in [0.2, 0.25) is 0 Å². The number of aryl methyl sites for hydroxylation is 1. The molecular weight excluding hydrogens is 250 g/mol. The van der Waals surface area contributed by atoms with E-state index in [2.05, 4.69) is 31.1 Å². The van der Waals surface area contributed by atoms with Gasteiger partial charge < -0.3 is 5.32 Å². The summed E-state index contributed by atoms with van der Waals surface area (Å²) < 4.78 is 2.07. The molecule has 1 aromatic carbocycles. The molecule has 3 heterocycles. The van der Waals surface area contributed by atoms with Crippen molar-refractivity contribution in [1.29, 1.82) is 0 Å². The average Bonchev–Trinajstić information content (AvgIpc) is 2.95. The Hall–Kier alpha value is -2.43. The molecular formula is C15H15N5. The fourth-order valence-electron chi connectivity index (χ4n) is 2.73. The van der Waals surface area contributed by atoms with Gasteiger partial charge in [-0.15, -0.1) is 0 Å². The predicted molar refractivity (Wildman–Crippen MR) is 77.5 cm³/mol. The van der Waals surface area contributed by atoms with Gasteiger partial charge in [0.2, 0.25) is 0 Å². The first-order chi connectivity index (χ1) is 9.88. The number of hydrogen-bond donors (Lipinski definition) is 1. The molecule has 100 valence electrons. The Morgan fingerprint density at radius 2 is 2.05 bits per heavy atom. The minimum absolute atomic E-state index is 0.398. The second-order valence-corrected chi connectivity index (χ2v) is 5.12. The molecule has 1 aliphatic rings. The number of benzene rings is 1. The third-order valence-corrected chi connectivity index (χ3v) is 3.75. The van der Waals surface area contributed by atoms with Gasteiger partial charge >= 0.3 is 0 Å². The second kappa shape index (κ2) is 4.59. The van der Waals surface area contributed by atoms with E-state index in [-0.39, 0.29) is 0 Å². The molecule has 2 aromatic heterocycles. The summed E-state index contributed by atoms with van der Waals surface area (Å²) >= 11 is 0. The molecule has 1 N–H and O–H groups in total. The molecule has 0 saturated carbocycles. The molecule has 0 saturated heterocycles. The summed E-state index contributed by atoms with van der Waals surface area (Å²) in [7, 11) is 0. The summed E-state index contributed by atoms with van der Waals surface area (Å²) in [5, 5.41) is 7.79. The van der Waals surface area contributed by atoms with Crippen LogP contribution in [-0.2, 0) is 13.0 Å². The largest absolute Gasteiger partial charge is 0.366 e. The highest BCUT2D eigenvalue weighted by atomic mass is 15.3. The van der Waals surface area contributed by atoms with Gasteiger partial charge in [-0.2, -0.15) is 5.10 Å². The van der Waals surface area contributed by atoms with Crippen LogP contribution in [0.3, 0.4) is 0 Å². The van der Waals surface area contributed by atoms with Crippen molar-refractivity contribution in [3.05, 3.63) is 48.4 Å². The lowest BCUT2D eigenvalue weighted by Gasteiger charge is -2.24. The van der Waals surface area contributed by atoms with Crippen LogP contribution in [0.15, 0.2) is 42.7 Å². The van der Waals surface area contributed by atoms with Crippen LogP contribution >= 0.6 is 0 Å². The molecule has 0 fully saturated rings. The van der Waals surface area contributed by atoms with E-state index in [4.69, 9.17) is 0 Å². The Morgan fingerprint density at radius 1 is 1.15 bits per heavy atom. The van der Waals surface area contributed by atoms with Crippen molar-refractivity contribution in [3.63, 3.8) is 0 Å². The molecule has 5 nitrogen and oxygen atoms in total. The lowest BCUT2D eigenvalue weighted by atomic mass is 10.0. The predicted octanol–water partition coefficient (Wildman–Crippen LogP) is 2.25. The zero-order chi connectivity index (χ0) is 13.4. The Balaban J connectivity index is 1.56. The number of para-hydroxylation sites is 2.